The molecule has 7 heteroatoms. The minimum absolute atomic E-state index is 0.258. The fraction of sp³-hybridized carbons (Fsp3) is 0.188. The molecule has 0 aliphatic rings. The lowest BCUT2D eigenvalue weighted by Crippen LogP contribution is -2.26. The Labute approximate surface area is 134 Å². The maximum absolute atomic E-state index is 12.9. The van der Waals surface area contributed by atoms with E-state index in [0.717, 1.165) is 11.8 Å². The lowest BCUT2D eigenvalue weighted by atomic mass is 10.1. The van der Waals surface area contributed by atoms with Gasteiger partial charge >= 0.3 is 0 Å². The van der Waals surface area contributed by atoms with Gasteiger partial charge in [-0.25, -0.2) is 12.8 Å². The molecule has 2 rings (SSSR count). The van der Waals surface area contributed by atoms with Gasteiger partial charge in [0, 0.05) is 24.8 Å². The van der Waals surface area contributed by atoms with Crippen LogP contribution >= 0.6 is 0 Å². The molecule has 23 heavy (non-hydrogen) atoms. The third-order valence-electron chi connectivity index (χ3n) is 3.09. The summed E-state index contributed by atoms with van der Waals surface area (Å²) in [6, 6.07) is 12.2. The van der Waals surface area contributed by atoms with Crippen molar-refractivity contribution in [2.75, 3.05) is 18.0 Å². The second-order valence-electron chi connectivity index (χ2n) is 5.24. The second-order valence-corrected chi connectivity index (χ2v) is 6.99. The SMILES string of the molecule is CN(Cc1ccc(F)cc1)C(=O)c1cccc(NS(C)(=O)=O)c1. The van der Waals surface area contributed by atoms with Crippen molar-refractivity contribution in [1.82, 2.24) is 4.90 Å². The van der Waals surface area contributed by atoms with Gasteiger partial charge < -0.3 is 4.90 Å². The number of sulfonamides is 1. The molecule has 1 amide bonds. The molecule has 0 radical (unpaired) electrons. The van der Waals surface area contributed by atoms with E-state index in [1.54, 1.807) is 37.4 Å². The molecular weight excluding hydrogens is 319 g/mol. The minimum Gasteiger partial charge on any atom is -0.337 e. The molecule has 0 saturated heterocycles. The largest absolute Gasteiger partial charge is 0.337 e. The van der Waals surface area contributed by atoms with Crippen molar-refractivity contribution in [3.8, 4) is 0 Å². The van der Waals surface area contributed by atoms with E-state index in [1.807, 2.05) is 0 Å². The monoisotopic (exact) mass is 336 g/mol. The highest BCUT2D eigenvalue weighted by atomic mass is 32.2. The Morgan fingerprint density at radius 3 is 2.43 bits per heavy atom. The number of halogens is 1. The van der Waals surface area contributed by atoms with Gasteiger partial charge in [-0.2, -0.15) is 0 Å². The molecule has 0 aromatic heterocycles. The summed E-state index contributed by atoms with van der Waals surface area (Å²) in [5, 5.41) is 0. The zero-order valence-electron chi connectivity index (χ0n) is 12.8. The lowest BCUT2D eigenvalue weighted by Gasteiger charge is -2.18. The average Bonchev–Trinajstić information content (AvgIpc) is 2.47. The van der Waals surface area contributed by atoms with Crippen LogP contribution in [0.3, 0.4) is 0 Å². The van der Waals surface area contributed by atoms with Crippen LogP contribution in [-0.4, -0.2) is 32.5 Å². The molecule has 2 aromatic carbocycles. The normalized spacial score (nSPS) is 11.1. The first-order chi connectivity index (χ1) is 10.7. The molecule has 0 bridgehead atoms. The summed E-state index contributed by atoms with van der Waals surface area (Å²) in [5.41, 5.74) is 1.49. The van der Waals surface area contributed by atoms with Crippen LogP contribution in [-0.2, 0) is 16.6 Å². The molecule has 2 aromatic rings. The van der Waals surface area contributed by atoms with Gasteiger partial charge in [-0.1, -0.05) is 18.2 Å². The molecular formula is C16H17FN2O3S. The first-order valence-electron chi connectivity index (χ1n) is 6.82. The number of hydrogen-bond donors (Lipinski definition) is 1. The highest BCUT2D eigenvalue weighted by Gasteiger charge is 2.13. The molecule has 0 spiro atoms. The van der Waals surface area contributed by atoms with E-state index in [4.69, 9.17) is 0 Å². The van der Waals surface area contributed by atoms with Gasteiger partial charge in [-0.3, -0.25) is 9.52 Å². The smallest absolute Gasteiger partial charge is 0.253 e. The van der Waals surface area contributed by atoms with Gasteiger partial charge in [-0.05, 0) is 35.9 Å². The van der Waals surface area contributed by atoms with Gasteiger partial charge in [0.2, 0.25) is 10.0 Å². The average molecular weight is 336 g/mol. The third-order valence-corrected chi connectivity index (χ3v) is 3.70. The van der Waals surface area contributed by atoms with E-state index in [9.17, 15) is 17.6 Å². The van der Waals surface area contributed by atoms with E-state index in [2.05, 4.69) is 4.72 Å². The Kier molecular flexibility index (Phi) is 5.00. The Morgan fingerprint density at radius 1 is 1.17 bits per heavy atom. The second kappa shape index (κ2) is 6.78. The number of hydrogen-bond acceptors (Lipinski definition) is 3. The molecule has 5 nitrogen and oxygen atoms in total. The van der Waals surface area contributed by atoms with E-state index in [1.165, 1.54) is 23.1 Å². The fourth-order valence-electron chi connectivity index (χ4n) is 2.09. The Bertz CT molecular complexity index is 804. The van der Waals surface area contributed by atoms with Crippen molar-refractivity contribution in [1.29, 1.82) is 0 Å². The summed E-state index contributed by atoms with van der Waals surface area (Å²) in [6.07, 6.45) is 1.04. The Balaban J connectivity index is 2.13. The van der Waals surface area contributed by atoms with Crippen LogP contribution in [0.5, 0.6) is 0 Å². The molecule has 0 heterocycles. The van der Waals surface area contributed by atoms with Crippen LogP contribution in [0.25, 0.3) is 0 Å². The first-order valence-corrected chi connectivity index (χ1v) is 8.71. The highest BCUT2D eigenvalue weighted by molar-refractivity contribution is 7.92. The first kappa shape index (κ1) is 17.0. The number of benzene rings is 2. The van der Waals surface area contributed by atoms with Crippen molar-refractivity contribution in [3.63, 3.8) is 0 Å². The molecule has 0 aliphatic heterocycles. The zero-order valence-corrected chi connectivity index (χ0v) is 13.6. The zero-order chi connectivity index (χ0) is 17.0. The summed E-state index contributed by atoms with van der Waals surface area (Å²) >= 11 is 0. The van der Waals surface area contributed by atoms with Crippen LogP contribution in [0.15, 0.2) is 48.5 Å². The summed E-state index contributed by atoms with van der Waals surface area (Å²) in [6.45, 7) is 0.322. The number of nitrogens with one attached hydrogen (secondary N) is 1. The molecule has 0 atom stereocenters. The van der Waals surface area contributed by atoms with E-state index in [0.29, 0.717) is 17.8 Å². The minimum atomic E-state index is -3.40. The summed E-state index contributed by atoms with van der Waals surface area (Å²) in [7, 11) is -1.78. The molecule has 0 saturated carbocycles. The quantitative estimate of drug-likeness (QED) is 0.912. The predicted octanol–water partition coefficient (Wildman–Crippen LogP) is 2.47. The van der Waals surface area contributed by atoms with Crippen molar-refractivity contribution in [3.05, 3.63) is 65.5 Å². The maximum Gasteiger partial charge on any atom is 0.253 e. The number of anilines is 1. The fourth-order valence-corrected chi connectivity index (χ4v) is 2.64. The third kappa shape index (κ3) is 5.07. The van der Waals surface area contributed by atoms with Gasteiger partial charge in [-0.15, -0.1) is 0 Å². The standard InChI is InChI=1S/C16H17FN2O3S/c1-19(11-12-6-8-14(17)9-7-12)16(20)13-4-3-5-15(10-13)18-23(2,21)22/h3-10,18H,11H2,1-2H3. The molecule has 0 unspecified atom stereocenters. The van der Waals surface area contributed by atoms with Crippen molar-refractivity contribution in [2.24, 2.45) is 0 Å². The Hall–Kier alpha value is -2.41. The van der Waals surface area contributed by atoms with Crippen LogP contribution < -0.4 is 4.72 Å². The van der Waals surface area contributed by atoms with Crippen molar-refractivity contribution in [2.45, 2.75) is 6.54 Å². The van der Waals surface area contributed by atoms with Crippen LogP contribution in [0.4, 0.5) is 10.1 Å². The number of carbonyl (C=O) groups is 1. The lowest BCUT2D eigenvalue weighted by molar-refractivity contribution is 0.0785. The van der Waals surface area contributed by atoms with Crippen LogP contribution in [0, 0.1) is 5.82 Å². The maximum atomic E-state index is 12.9. The van der Waals surface area contributed by atoms with Gasteiger partial charge in [0.15, 0.2) is 0 Å². The molecule has 0 aliphatic carbocycles. The number of rotatable bonds is 5. The Morgan fingerprint density at radius 2 is 1.83 bits per heavy atom. The summed E-state index contributed by atoms with van der Waals surface area (Å²) < 4.78 is 37.7. The van der Waals surface area contributed by atoms with Crippen molar-refractivity contribution < 1.29 is 17.6 Å². The predicted molar refractivity (Wildman–Crippen MR) is 87.1 cm³/mol. The summed E-state index contributed by atoms with van der Waals surface area (Å²) in [5.74, 6) is -0.589. The number of amides is 1. The van der Waals surface area contributed by atoms with Gasteiger partial charge in [0.25, 0.3) is 5.91 Å². The van der Waals surface area contributed by atoms with Crippen LogP contribution in [0.2, 0.25) is 0 Å². The molecule has 0 fully saturated rings. The molecule has 1 N–H and O–H groups in total. The molecule has 122 valence electrons. The van der Waals surface area contributed by atoms with Crippen LogP contribution in [0.1, 0.15) is 15.9 Å². The highest BCUT2D eigenvalue weighted by Crippen LogP contribution is 2.15. The van der Waals surface area contributed by atoms with Gasteiger partial charge in [0.1, 0.15) is 5.82 Å². The van der Waals surface area contributed by atoms with E-state index < -0.39 is 10.0 Å². The van der Waals surface area contributed by atoms with Gasteiger partial charge in [0.05, 0.1) is 6.26 Å². The number of carbonyl (C=O) groups excluding carboxylic acids is 1. The van der Waals surface area contributed by atoms with E-state index in [-0.39, 0.29) is 11.7 Å². The van der Waals surface area contributed by atoms with Crippen molar-refractivity contribution >= 4 is 21.6 Å². The number of nitrogens with zero attached hydrogens (tertiary/aromatic N) is 1. The topological polar surface area (TPSA) is 66.5 Å². The summed E-state index contributed by atoms with van der Waals surface area (Å²) in [4.78, 5) is 13.9. The van der Waals surface area contributed by atoms with E-state index >= 15 is 0 Å².